The van der Waals surface area contributed by atoms with E-state index in [2.05, 4.69) is 20.1 Å². The van der Waals surface area contributed by atoms with E-state index in [1.807, 2.05) is 29.7 Å². The highest BCUT2D eigenvalue weighted by Crippen LogP contribution is 2.60. The summed E-state index contributed by atoms with van der Waals surface area (Å²) in [7, 11) is 1.59. The molecule has 2 aliphatic rings. The number of hydrogen-bond acceptors (Lipinski definition) is 5. The number of rotatable bonds is 4. The van der Waals surface area contributed by atoms with Crippen LogP contribution in [-0.2, 0) is 5.41 Å². The topological polar surface area (TPSA) is 56.1 Å². The number of methoxy groups -OCH3 is 1. The summed E-state index contributed by atoms with van der Waals surface area (Å²) < 4.78 is 20.6. The molecular weight excluding hydrogens is 381 g/mol. The minimum Gasteiger partial charge on any atom is -0.481 e. The molecule has 1 saturated heterocycles. The lowest BCUT2D eigenvalue weighted by atomic mass is 9.95. The number of halogens is 2. The van der Waals surface area contributed by atoms with Gasteiger partial charge in [-0.2, -0.15) is 0 Å². The third kappa shape index (κ3) is 2.57. The molecule has 0 spiro atoms. The molecule has 1 aromatic carbocycles. The van der Waals surface area contributed by atoms with Gasteiger partial charge in [0.25, 0.3) is 0 Å². The first-order valence-electron chi connectivity index (χ1n) is 9.15. The molecule has 1 aliphatic heterocycles. The van der Waals surface area contributed by atoms with E-state index in [0.29, 0.717) is 16.8 Å². The van der Waals surface area contributed by atoms with Gasteiger partial charge in [0.15, 0.2) is 0 Å². The molecule has 28 heavy (non-hydrogen) atoms. The van der Waals surface area contributed by atoms with E-state index >= 15 is 0 Å². The van der Waals surface area contributed by atoms with Gasteiger partial charge in [-0.25, -0.2) is 9.37 Å². The maximum absolute atomic E-state index is 13.5. The molecule has 8 heteroatoms. The average molecular weight is 400 g/mol. The Bertz CT molecular complexity index is 1050. The molecule has 3 heterocycles. The number of ether oxygens (including phenoxy) is 1. The average Bonchev–Trinajstić information content (AvgIpc) is 3.04. The molecule has 6 nitrogen and oxygen atoms in total. The largest absolute Gasteiger partial charge is 0.481 e. The Balaban J connectivity index is 1.47. The second kappa shape index (κ2) is 6.17. The third-order valence-corrected chi connectivity index (χ3v) is 6.20. The van der Waals surface area contributed by atoms with Crippen molar-refractivity contribution in [3.63, 3.8) is 0 Å². The van der Waals surface area contributed by atoms with Crippen molar-refractivity contribution in [2.24, 2.45) is 5.92 Å². The van der Waals surface area contributed by atoms with Crippen LogP contribution in [0.25, 0.3) is 5.69 Å². The molecule has 1 saturated carbocycles. The highest BCUT2D eigenvalue weighted by molar-refractivity contribution is 6.31. The maximum atomic E-state index is 13.5. The van der Waals surface area contributed by atoms with Gasteiger partial charge in [-0.15, -0.1) is 10.2 Å². The van der Waals surface area contributed by atoms with Gasteiger partial charge in [0.05, 0.1) is 19.0 Å². The van der Waals surface area contributed by atoms with Gasteiger partial charge in [0.1, 0.15) is 11.6 Å². The van der Waals surface area contributed by atoms with Crippen molar-refractivity contribution in [2.75, 3.05) is 25.1 Å². The second-order valence-corrected chi connectivity index (χ2v) is 7.91. The number of hydrogen-bond donors (Lipinski definition) is 0. The van der Waals surface area contributed by atoms with Crippen LogP contribution in [0.15, 0.2) is 36.5 Å². The normalized spacial score (nSPS) is 23.0. The van der Waals surface area contributed by atoms with Crippen LogP contribution in [0.5, 0.6) is 5.88 Å². The Morgan fingerprint density at radius 3 is 2.82 bits per heavy atom. The van der Waals surface area contributed by atoms with Gasteiger partial charge in [-0.3, -0.25) is 4.57 Å². The number of fused-ring (bicyclic) bond motifs is 1. The van der Waals surface area contributed by atoms with E-state index in [1.54, 1.807) is 13.3 Å². The summed E-state index contributed by atoms with van der Waals surface area (Å²) in [6.07, 6.45) is 2.81. The van der Waals surface area contributed by atoms with E-state index in [0.717, 1.165) is 42.5 Å². The zero-order valence-corrected chi connectivity index (χ0v) is 16.3. The van der Waals surface area contributed by atoms with Crippen LogP contribution in [0.4, 0.5) is 10.3 Å². The number of piperidine rings is 1. The van der Waals surface area contributed by atoms with E-state index in [9.17, 15) is 4.39 Å². The fourth-order valence-electron chi connectivity index (χ4n) is 4.43. The summed E-state index contributed by atoms with van der Waals surface area (Å²) in [5, 5.41) is 9.20. The van der Waals surface area contributed by atoms with Crippen LogP contribution < -0.4 is 9.64 Å². The summed E-state index contributed by atoms with van der Waals surface area (Å²) in [5.41, 5.74) is 1.87. The number of anilines is 1. The standard InChI is InChI=1S/C20H19ClFN5O/c1-12-24-25-19(27(12)15-4-6-18(28-2)23-9-15)26-10-13-8-20(13,11-26)16-5-3-14(22)7-17(16)21/h3-7,9,13H,8,10-11H2,1-2H3/t13?,20-/m0/s1. The summed E-state index contributed by atoms with van der Waals surface area (Å²) in [4.78, 5) is 6.53. The monoisotopic (exact) mass is 399 g/mol. The highest BCUT2D eigenvalue weighted by Gasteiger charge is 2.62. The summed E-state index contributed by atoms with van der Waals surface area (Å²) in [6.45, 7) is 3.57. The van der Waals surface area contributed by atoms with E-state index in [4.69, 9.17) is 16.3 Å². The second-order valence-electron chi connectivity index (χ2n) is 7.50. The van der Waals surface area contributed by atoms with Crippen molar-refractivity contribution in [1.29, 1.82) is 0 Å². The lowest BCUT2D eigenvalue weighted by Gasteiger charge is -2.23. The number of pyridine rings is 1. The molecule has 0 N–H and O–H groups in total. The van der Waals surface area contributed by atoms with Gasteiger partial charge in [-0.1, -0.05) is 17.7 Å². The summed E-state index contributed by atoms with van der Waals surface area (Å²) >= 11 is 6.37. The Labute approximate surface area is 166 Å². The van der Waals surface area contributed by atoms with Gasteiger partial charge >= 0.3 is 0 Å². The highest BCUT2D eigenvalue weighted by atomic mass is 35.5. The molecule has 2 fully saturated rings. The van der Waals surface area contributed by atoms with Gasteiger partial charge < -0.3 is 9.64 Å². The van der Waals surface area contributed by atoms with Gasteiger partial charge in [0, 0.05) is 29.6 Å². The van der Waals surface area contributed by atoms with E-state index in [-0.39, 0.29) is 11.2 Å². The quantitative estimate of drug-likeness (QED) is 0.671. The fraction of sp³-hybridized carbons (Fsp3) is 0.350. The molecule has 1 unspecified atom stereocenters. The molecule has 2 atom stereocenters. The van der Waals surface area contributed by atoms with Crippen LogP contribution >= 0.6 is 11.6 Å². The van der Waals surface area contributed by atoms with Crippen LogP contribution in [-0.4, -0.2) is 39.9 Å². The number of aryl methyl sites for hydroxylation is 1. The van der Waals surface area contributed by atoms with Gasteiger partial charge in [0.2, 0.25) is 11.8 Å². The lowest BCUT2D eigenvalue weighted by molar-refractivity contribution is 0.398. The molecule has 5 rings (SSSR count). The van der Waals surface area contributed by atoms with Crippen molar-refractivity contribution in [3.8, 4) is 11.6 Å². The summed E-state index contributed by atoms with van der Waals surface area (Å²) in [5.74, 6) is 2.31. The smallest absolute Gasteiger partial charge is 0.231 e. The molecule has 2 aromatic heterocycles. The Morgan fingerprint density at radius 2 is 2.11 bits per heavy atom. The van der Waals surface area contributed by atoms with E-state index in [1.165, 1.54) is 12.1 Å². The molecule has 0 radical (unpaired) electrons. The third-order valence-electron chi connectivity index (χ3n) is 5.89. The van der Waals surface area contributed by atoms with Gasteiger partial charge in [-0.05, 0) is 43.0 Å². The fourth-order valence-corrected chi connectivity index (χ4v) is 4.78. The van der Waals surface area contributed by atoms with Crippen molar-refractivity contribution in [3.05, 3.63) is 58.8 Å². The molecule has 3 aromatic rings. The molecular formula is C20H19ClFN5O. The molecule has 0 amide bonds. The Hall–Kier alpha value is -2.67. The van der Waals surface area contributed by atoms with E-state index < -0.39 is 0 Å². The molecule has 0 bridgehead atoms. The first-order valence-corrected chi connectivity index (χ1v) is 9.52. The predicted octanol–water partition coefficient (Wildman–Crippen LogP) is 3.55. The Kier molecular flexibility index (Phi) is 3.84. The lowest BCUT2D eigenvalue weighted by Crippen LogP contribution is -2.29. The van der Waals surface area contributed by atoms with Crippen molar-refractivity contribution in [1.82, 2.24) is 19.7 Å². The van der Waals surface area contributed by atoms with Crippen LogP contribution in [0.1, 0.15) is 17.8 Å². The van der Waals surface area contributed by atoms with Crippen LogP contribution in [0.3, 0.4) is 0 Å². The van der Waals surface area contributed by atoms with Crippen molar-refractivity contribution in [2.45, 2.75) is 18.8 Å². The number of benzene rings is 1. The maximum Gasteiger partial charge on any atom is 0.231 e. The SMILES string of the molecule is COc1ccc(-n2c(C)nnc2N2CC3C[C@]3(c3ccc(F)cc3Cl)C2)cn1. The minimum absolute atomic E-state index is 0.0341. The zero-order chi connectivity index (χ0) is 19.5. The van der Waals surface area contributed by atoms with Crippen LogP contribution in [0, 0.1) is 18.7 Å². The van der Waals surface area contributed by atoms with Crippen LogP contribution in [0.2, 0.25) is 5.02 Å². The first kappa shape index (κ1) is 17.4. The summed E-state index contributed by atoms with van der Waals surface area (Å²) in [6, 6.07) is 8.47. The molecule has 144 valence electrons. The number of nitrogens with zero attached hydrogens (tertiary/aromatic N) is 5. The Morgan fingerprint density at radius 1 is 1.25 bits per heavy atom. The van der Waals surface area contributed by atoms with Crippen molar-refractivity contribution >= 4 is 17.5 Å². The number of aromatic nitrogens is 4. The first-order chi connectivity index (χ1) is 13.5. The van der Waals surface area contributed by atoms with Crippen molar-refractivity contribution < 1.29 is 9.13 Å². The minimum atomic E-state index is -0.306. The molecule has 1 aliphatic carbocycles. The predicted molar refractivity (Wildman–Crippen MR) is 104 cm³/mol. The zero-order valence-electron chi connectivity index (χ0n) is 15.6.